The molecule has 0 fully saturated rings. The van der Waals surface area contributed by atoms with Crippen LogP contribution in [0.2, 0.25) is 0 Å². The van der Waals surface area contributed by atoms with Crippen LogP contribution in [-0.4, -0.2) is 39.0 Å². The normalized spacial score (nSPS) is 10.4. The molecular weight excluding hydrogens is 348 g/mol. The predicted octanol–water partition coefficient (Wildman–Crippen LogP) is 1.47. The number of urea groups is 1. The lowest BCUT2D eigenvalue weighted by atomic mass is 10.3. The molecule has 2 N–H and O–H groups in total. The Bertz CT molecular complexity index is 980. The second-order valence-electron chi connectivity index (χ2n) is 5.74. The molecule has 0 saturated carbocycles. The van der Waals surface area contributed by atoms with Crippen molar-refractivity contribution in [2.75, 3.05) is 19.0 Å². The summed E-state index contributed by atoms with van der Waals surface area (Å²) < 4.78 is 7.88. The van der Waals surface area contributed by atoms with Crippen LogP contribution >= 0.6 is 0 Å². The quantitative estimate of drug-likeness (QED) is 0.686. The van der Waals surface area contributed by atoms with E-state index in [2.05, 4.69) is 20.7 Å². The number of carbonyl (C=O) groups excluding carboxylic acids is 1. The summed E-state index contributed by atoms with van der Waals surface area (Å²) in [5.74, 6) is 1.17. The highest BCUT2D eigenvalue weighted by Crippen LogP contribution is 2.16. The number of nitrogens with zero attached hydrogens (tertiary/aromatic N) is 4. The van der Waals surface area contributed by atoms with Gasteiger partial charge in [-0.3, -0.25) is 9.55 Å². The minimum Gasteiger partial charge on any atom is -0.497 e. The number of rotatable bonds is 6. The number of pyridine rings is 1. The lowest BCUT2D eigenvalue weighted by molar-refractivity contribution is 0.251. The third-order valence-corrected chi connectivity index (χ3v) is 3.90. The van der Waals surface area contributed by atoms with E-state index in [1.54, 1.807) is 56.9 Å². The highest BCUT2D eigenvalue weighted by atomic mass is 16.5. The molecule has 2 amide bonds. The third kappa shape index (κ3) is 4.32. The van der Waals surface area contributed by atoms with Gasteiger partial charge in [0.15, 0.2) is 5.82 Å². The van der Waals surface area contributed by atoms with Crippen molar-refractivity contribution in [2.45, 2.75) is 6.54 Å². The van der Waals surface area contributed by atoms with E-state index in [9.17, 15) is 9.59 Å². The first-order valence-corrected chi connectivity index (χ1v) is 8.31. The molecule has 2 aromatic heterocycles. The average molecular weight is 368 g/mol. The first-order valence-electron chi connectivity index (χ1n) is 8.31. The number of aromatic nitrogens is 4. The van der Waals surface area contributed by atoms with E-state index in [4.69, 9.17) is 4.74 Å². The van der Waals surface area contributed by atoms with Gasteiger partial charge in [0.05, 0.1) is 13.7 Å². The number of carbonyl (C=O) groups is 1. The molecule has 0 unspecified atom stereocenters. The van der Waals surface area contributed by atoms with Crippen LogP contribution in [0.3, 0.4) is 0 Å². The molecule has 9 nitrogen and oxygen atoms in total. The van der Waals surface area contributed by atoms with E-state index in [1.807, 2.05) is 6.07 Å². The minimum atomic E-state index is -0.375. The number of amides is 2. The van der Waals surface area contributed by atoms with Crippen molar-refractivity contribution in [1.82, 2.24) is 24.6 Å². The largest absolute Gasteiger partial charge is 0.497 e. The van der Waals surface area contributed by atoms with Gasteiger partial charge < -0.3 is 15.4 Å². The highest BCUT2D eigenvalue weighted by Gasteiger charge is 2.12. The van der Waals surface area contributed by atoms with Gasteiger partial charge in [-0.2, -0.15) is 0 Å². The van der Waals surface area contributed by atoms with Crippen molar-refractivity contribution in [3.63, 3.8) is 0 Å². The van der Waals surface area contributed by atoms with Crippen molar-refractivity contribution in [1.29, 1.82) is 0 Å². The Morgan fingerprint density at radius 1 is 1.26 bits per heavy atom. The van der Waals surface area contributed by atoms with Gasteiger partial charge in [0, 0.05) is 43.3 Å². The second kappa shape index (κ2) is 8.17. The molecule has 0 aliphatic carbocycles. The molecule has 0 bridgehead atoms. The van der Waals surface area contributed by atoms with Crippen LogP contribution < -0.4 is 21.1 Å². The van der Waals surface area contributed by atoms with E-state index in [-0.39, 0.29) is 24.8 Å². The molecule has 0 aliphatic rings. The molecular formula is C18H20N6O3. The number of nitrogens with one attached hydrogen (secondary N) is 2. The fourth-order valence-electron chi connectivity index (χ4n) is 2.53. The smallest absolute Gasteiger partial charge is 0.345 e. The maximum Gasteiger partial charge on any atom is 0.345 e. The maximum absolute atomic E-state index is 12.3. The van der Waals surface area contributed by atoms with Gasteiger partial charge in [-0.15, -0.1) is 5.10 Å². The van der Waals surface area contributed by atoms with Gasteiger partial charge in [0.2, 0.25) is 0 Å². The molecule has 2 heterocycles. The summed E-state index contributed by atoms with van der Waals surface area (Å²) in [6.45, 7) is 0.498. The Morgan fingerprint density at radius 3 is 2.85 bits per heavy atom. The molecule has 0 spiro atoms. The van der Waals surface area contributed by atoms with Crippen LogP contribution in [0.15, 0.2) is 53.6 Å². The summed E-state index contributed by atoms with van der Waals surface area (Å²) in [6.07, 6.45) is 3.30. The SMILES string of the molecule is COc1cccc(NC(=O)NCCn2nc(-c3cccnc3)n(C)c2=O)c1. The Kier molecular flexibility index (Phi) is 5.50. The zero-order valence-electron chi connectivity index (χ0n) is 15.0. The number of methoxy groups -OCH3 is 1. The lowest BCUT2D eigenvalue weighted by Gasteiger charge is -2.08. The first-order chi connectivity index (χ1) is 13.1. The van der Waals surface area contributed by atoms with Crippen molar-refractivity contribution < 1.29 is 9.53 Å². The lowest BCUT2D eigenvalue weighted by Crippen LogP contribution is -2.34. The van der Waals surface area contributed by atoms with E-state index in [0.29, 0.717) is 17.3 Å². The summed E-state index contributed by atoms with van der Waals surface area (Å²) in [5, 5.41) is 9.73. The maximum atomic E-state index is 12.3. The Balaban J connectivity index is 1.59. The molecule has 1 aromatic carbocycles. The van der Waals surface area contributed by atoms with Gasteiger partial charge in [0.25, 0.3) is 0 Å². The summed E-state index contributed by atoms with van der Waals surface area (Å²) in [7, 11) is 3.21. The minimum absolute atomic E-state index is 0.248. The fourth-order valence-corrected chi connectivity index (χ4v) is 2.53. The van der Waals surface area contributed by atoms with Crippen molar-refractivity contribution >= 4 is 11.7 Å². The predicted molar refractivity (Wildman–Crippen MR) is 101 cm³/mol. The van der Waals surface area contributed by atoms with Gasteiger partial charge in [0.1, 0.15) is 5.75 Å². The van der Waals surface area contributed by atoms with Gasteiger partial charge >= 0.3 is 11.7 Å². The topological polar surface area (TPSA) is 103 Å². The zero-order chi connectivity index (χ0) is 19.2. The van der Waals surface area contributed by atoms with E-state index >= 15 is 0 Å². The van der Waals surface area contributed by atoms with Crippen LogP contribution in [0.5, 0.6) is 5.75 Å². The van der Waals surface area contributed by atoms with Crippen LogP contribution in [0, 0.1) is 0 Å². The molecule has 9 heteroatoms. The Morgan fingerprint density at radius 2 is 2.11 bits per heavy atom. The molecule has 0 saturated heterocycles. The third-order valence-electron chi connectivity index (χ3n) is 3.90. The van der Waals surface area contributed by atoms with Gasteiger partial charge in [-0.25, -0.2) is 14.3 Å². The summed E-state index contributed by atoms with van der Waals surface area (Å²) in [6, 6.07) is 10.3. The number of ether oxygens (including phenoxy) is 1. The number of hydrogen-bond donors (Lipinski definition) is 2. The number of anilines is 1. The monoisotopic (exact) mass is 368 g/mol. The van der Waals surface area contributed by atoms with Crippen LogP contribution in [0.25, 0.3) is 11.4 Å². The first kappa shape index (κ1) is 18.2. The number of benzene rings is 1. The van der Waals surface area contributed by atoms with Gasteiger partial charge in [-0.05, 0) is 24.3 Å². The molecule has 3 rings (SSSR count). The van der Waals surface area contributed by atoms with Crippen molar-refractivity contribution in [2.24, 2.45) is 7.05 Å². The van der Waals surface area contributed by atoms with Crippen molar-refractivity contribution in [3.8, 4) is 17.1 Å². The molecule has 3 aromatic rings. The highest BCUT2D eigenvalue weighted by molar-refractivity contribution is 5.89. The van der Waals surface area contributed by atoms with Gasteiger partial charge in [-0.1, -0.05) is 6.07 Å². The summed E-state index contributed by atoms with van der Waals surface area (Å²) in [5.41, 5.74) is 1.10. The number of hydrogen-bond acceptors (Lipinski definition) is 5. The summed E-state index contributed by atoms with van der Waals surface area (Å²) in [4.78, 5) is 28.3. The van der Waals surface area contributed by atoms with Crippen LogP contribution in [-0.2, 0) is 13.6 Å². The Hall–Kier alpha value is -3.62. The summed E-state index contributed by atoms with van der Waals surface area (Å²) >= 11 is 0. The molecule has 27 heavy (non-hydrogen) atoms. The van der Waals surface area contributed by atoms with E-state index < -0.39 is 0 Å². The van der Waals surface area contributed by atoms with Crippen molar-refractivity contribution in [3.05, 3.63) is 59.3 Å². The zero-order valence-corrected chi connectivity index (χ0v) is 15.0. The molecule has 0 aliphatic heterocycles. The van der Waals surface area contributed by atoms with E-state index in [0.717, 1.165) is 5.56 Å². The van der Waals surface area contributed by atoms with Crippen LogP contribution in [0.1, 0.15) is 0 Å². The average Bonchev–Trinajstić information content (AvgIpc) is 2.97. The molecule has 0 atom stereocenters. The van der Waals surface area contributed by atoms with E-state index in [1.165, 1.54) is 9.25 Å². The molecule has 140 valence electrons. The fraction of sp³-hybridized carbons (Fsp3) is 0.222. The Labute approximate surface area is 155 Å². The van der Waals surface area contributed by atoms with Crippen LogP contribution in [0.4, 0.5) is 10.5 Å². The second-order valence-corrected chi connectivity index (χ2v) is 5.74. The molecule has 0 radical (unpaired) electrons. The standard InChI is InChI=1S/C18H20N6O3/c1-23-16(13-5-4-8-19-12-13)22-24(18(23)26)10-9-20-17(25)21-14-6-3-7-15(11-14)27-2/h3-8,11-12H,9-10H2,1-2H3,(H2,20,21,25).